The number of piperidine rings is 1. The summed E-state index contributed by atoms with van der Waals surface area (Å²) >= 11 is 0. The van der Waals surface area contributed by atoms with Crippen LogP contribution in [0.3, 0.4) is 0 Å². The van der Waals surface area contributed by atoms with Crippen LogP contribution < -0.4 is 16.0 Å². The molecule has 1 aliphatic rings. The van der Waals surface area contributed by atoms with Crippen LogP contribution in [0.4, 0.5) is 11.4 Å². The summed E-state index contributed by atoms with van der Waals surface area (Å²) in [5.41, 5.74) is 1.35. The first-order valence-corrected chi connectivity index (χ1v) is 10.4. The SMILES string of the molecule is CC(=O)Nc1cc(NC(C)=O)cc(C(=O)NCCCCN2C[C@@H](C)C[C@H](C)C2)c1. The van der Waals surface area contributed by atoms with Crippen molar-refractivity contribution in [3.63, 3.8) is 0 Å². The van der Waals surface area contributed by atoms with Crippen LogP contribution in [-0.4, -0.2) is 48.8 Å². The van der Waals surface area contributed by atoms with Crippen LogP contribution in [0.1, 0.15) is 57.3 Å². The molecule has 0 spiro atoms. The van der Waals surface area contributed by atoms with Gasteiger partial charge in [-0.3, -0.25) is 14.4 Å². The quantitative estimate of drug-likeness (QED) is 0.583. The maximum Gasteiger partial charge on any atom is 0.251 e. The van der Waals surface area contributed by atoms with Crippen LogP contribution in [0, 0.1) is 11.8 Å². The Morgan fingerprint density at radius 2 is 1.48 bits per heavy atom. The molecule has 1 heterocycles. The molecular weight excluding hydrogens is 368 g/mol. The van der Waals surface area contributed by atoms with Crippen molar-refractivity contribution in [3.05, 3.63) is 23.8 Å². The number of hydrogen-bond donors (Lipinski definition) is 3. The van der Waals surface area contributed by atoms with Gasteiger partial charge in [-0.05, 0) is 55.8 Å². The summed E-state index contributed by atoms with van der Waals surface area (Å²) in [5, 5.41) is 8.25. The highest BCUT2D eigenvalue weighted by molar-refractivity contribution is 5.99. The number of nitrogens with one attached hydrogen (secondary N) is 3. The fourth-order valence-electron chi connectivity index (χ4n) is 4.05. The third kappa shape index (κ3) is 8.23. The predicted octanol–water partition coefficient (Wildman–Crippen LogP) is 3.09. The highest BCUT2D eigenvalue weighted by Crippen LogP contribution is 2.21. The van der Waals surface area contributed by atoms with Gasteiger partial charge in [0.05, 0.1) is 0 Å². The Hall–Kier alpha value is -2.41. The zero-order valence-electron chi connectivity index (χ0n) is 18.0. The Morgan fingerprint density at radius 1 is 0.931 bits per heavy atom. The van der Waals surface area contributed by atoms with Crippen molar-refractivity contribution in [2.75, 3.05) is 36.8 Å². The van der Waals surface area contributed by atoms with E-state index in [1.807, 2.05) is 0 Å². The first-order valence-electron chi connectivity index (χ1n) is 10.4. The van der Waals surface area contributed by atoms with Crippen LogP contribution in [0.25, 0.3) is 0 Å². The average Bonchev–Trinajstić information content (AvgIpc) is 2.59. The third-order valence-electron chi connectivity index (χ3n) is 4.97. The number of carbonyl (C=O) groups excluding carboxylic acids is 3. The van der Waals surface area contributed by atoms with Gasteiger partial charge in [0.1, 0.15) is 0 Å². The highest BCUT2D eigenvalue weighted by atomic mass is 16.2. The molecule has 0 unspecified atom stereocenters. The van der Waals surface area contributed by atoms with Gasteiger partial charge in [0, 0.05) is 50.4 Å². The molecule has 1 saturated heterocycles. The Bertz CT molecular complexity index is 691. The number of hydrogen-bond acceptors (Lipinski definition) is 4. The topological polar surface area (TPSA) is 90.5 Å². The van der Waals surface area contributed by atoms with Gasteiger partial charge in [-0.15, -0.1) is 0 Å². The van der Waals surface area contributed by atoms with Gasteiger partial charge in [-0.1, -0.05) is 13.8 Å². The molecule has 29 heavy (non-hydrogen) atoms. The van der Waals surface area contributed by atoms with E-state index < -0.39 is 0 Å². The average molecular weight is 403 g/mol. The second kappa shape index (κ2) is 11.0. The van der Waals surface area contributed by atoms with E-state index in [2.05, 4.69) is 34.7 Å². The van der Waals surface area contributed by atoms with E-state index in [9.17, 15) is 14.4 Å². The van der Waals surface area contributed by atoms with Crippen molar-refractivity contribution in [2.45, 2.75) is 47.0 Å². The summed E-state index contributed by atoms with van der Waals surface area (Å²) in [7, 11) is 0. The summed E-state index contributed by atoms with van der Waals surface area (Å²) in [6.07, 6.45) is 3.27. The van der Waals surface area contributed by atoms with Crippen molar-refractivity contribution in [1.29, 1.82) is 0 Å². The second-order valence-corrected chi connectivity index (χ2v) is 8.33. The van der Waals surface area contributed by atoms with Crippen molar-refractivity contribution in [3.8, 4) is 0 Å². The van der Waals surface area contributed by atoms with Gasteiger partial charge < -0.3 is 20.9 Å². The molecule has 1 aromatic rings. The van der Waals surface area contributed by atoms with Gasteiger partial charge >= 0.3 is 0 Å². The molecule has 0 radical (unpaired) electrons. The van der Waals surface area contributed by atoms with Crippen LogP contribution in [0.5, 0.6) is 0 Å². The van der Waals surface area contributed by atoms with Crippen molar-refractivity contribution in [2.24, 2.45) is 11.8 Å². The zero-order chi connectivity index (χ0) is 21.4. The number of rotatable bonds is 8. The van der Waals surface area contributed by atoms with Gasteiger partial charge in [0.25, 0.3) is 5.91 Å². The third-order valence-corrected chi connectivity index (χ3v) is 4.97. The molecule has 7 heteroatoms. The maximum absolute atomic E-state index is 12.5. The molecule has 0 aliphatic carbocycles. The standard InChI is InChI=1S/C22H34N4O3/c1-15-9-16(2)14-26(13-15)8-6-5-7-23-22(29)19-10-20(24-17(3)27)12-21(11-19)25-18(4)28/h10-12,15-16H,5-9,13-14H2,1-4H3,(H,23,29)(H,24,27)(H,25,28)/t15-,16-/m0/s1. The molecule has 7 nitrogen and oxygen atoms in total. The fourth-order valence-corrected chi connectivity index (χ4v) is 4.05. The minimum atomic E-state index is -0.238. The van der Waals surface area contributed by atoms with E-state index in [1.54, 1.807) is 18.2 Å². The summed E-state index contributed by atoms with van der Waals surface area (Å²) in [5.74, 6) is 0.818. The lowest BCUT2D eigenvalue weighted by Crippen LogP contribution is -2.39. The summed E-state index contributed by atoms with van der Waals surface area (Å²) in [6, 6.07) is 4.84. The van der Waals surface area contributed by atoms with Crippen molar-refractivity contribution < 1.29 is 14.4 Å². The summed E-state index contributed by atoms with van der Waals surface area (Å²) in [6.45, 7) is 11.4. The molecule has 0 saturated carbocycles. The zero-order valence-corrected chi connectivity index (χ0v) is 18.0. The number of carbonyl (C=O) groups is 3. The lowest BCUT2D eigenvalue weighted by Gasteiger charge is -2.34. The minimum absolute atomic E-state index is 0.218. The molecule has 0 bridgehead atoms. The first kappa shape index (κ1) is 22.9. The molecule has 1 aromatic carbocycles. The van der Waals surface area contributed by atoms with E-state index in [1.165, 1.54) is 33.4 Å². The number of nitrogens with zero attached hydrogens (tertiary/aromatic N) is 1. The van der Waals surface area contributed by atoms with Gasteiger partial charge in [-0.25, -0.2) is 0 Å². The minimum Gasteiger partial charge on any atom is -0.352 e. The van der Waals surface area contributed by atoms with E-state index in [0.717, 1.165) is 31.2 Å². The van der Waals surface area contributed by atoms with Crippen LogP contribution in [0.15, 0.2) is 18.2 Å². The Morgan fingerprint density at radius 3 is 2.00 bits per heavy atom. The number of benzene rings is 1. The fraction of sp³-hybridized carbons (Fsp3) is 0.591. The van der Waals surface area contributed by atoms with Gasteiger partial charge in [-0.2, -0.15) is 0 Å². The lowest BCUT2D eigenvalue weighted by molar-refractivity contribution is -0.115. The van der Waals surface area contributed by atoms with Crippen molar-refractivity contribution in [1.82, 2.24) is 10.2 Å². The smallest absolute Gasteiger partial charge is 0.251 e. The van der Waals surface area contributed by atoms with Crippen LogP contribution >= 0.6 is 0 Å². The molecule has 0 aromatic heterocycles. The maximum atomic E-state index is 12.5. The van der Waals surface area contributed by atoms with Gasteiger partial charge in [0.2, 0.25) is 11.8 Å². The number of unbranched alkanes of at least 4 members (excludes halogenated alkanes) is 1. The summed E-state index contributed by atoms with van der Waals surface area (Å²) < 4.78 is 0. The van der Waals surface area contributed by atoms with Gasteiger partial charge in [0.15, 0.2) is 0 Å². The highest BCUT2D eigenvalue weighted by Gasteiger charge is 2.21. The predicted molar refractivity (Wildman–Crippen MR) is 116 cm³/mol. The molecule has 1 fully saturated rings. The Kier molecular flexibility index (Phi) is 8.64. The van der Waals surface area contributed by atoms with E-state index in [4.69, 9.17) is 0 Å². The molecule has 2 atom stereocenters. The van der Waals surface area contributed by atoms with Crippen LogP contribution in [0.2, 0.25) is 0 Å². The molecule has 2 rings (SSSR count). The van der Waals surface area contributed by atoms with E-state index in [0.29, 0.717) is 23.5 Å². The lowest BCUT2D eigenvalue weighted by atomic mass is 9.92. The van der Waals surface area contributed by atoms with Crippen LogP contribution in [-0.2, 0) is 9.59 Å². The summed E-state index contributed by atoms with van der Waals surface area (Å²) in [4.78, 5) is 37.7. The number of likely N-dealkylation sites (tertiary alicyclic amines) is 1. The Balaban J connectivity index is 1.84. The monoisotopic (exact) mass is 402 g/mol. The largest absolute Gasteiger partial charge is 0.352 e. The molecule has 3 amide bonds. The normalized spacial score (nSPS) is 19.4. The molecule has 3 N–H and O–H groups in total. The number of anilines is 2. The molecule has 1 aliphatic heterocycles. The number of amides is 3. The van der Waals surface area contributed by atoms with E-state index in [-0.39, 0.29) is 17.7 Å². The second-order valence-electron chi connectivity index (χ2n) is 8.33. The Labute approximate surface area is 173 Å². The van der Waals surface area contributed by atoms with E-state index >= 15 is 0 Å². The molecular formula is C22H34N4O3. The molecule has 160 valence electrons. The van der Waals surface area contributed by atoms with Crippen molar-refractivity contribution >= 4 is 29.1 Å². The first-order chi connectivity index (χ1) is 13.7.